The van der Waals surface area contributed by atoms with Crippen molar-refractivity contribution in [3.05, 3.63) is 35.4 Å². The predicted octanol–water partition coefficient (Wildman–Crippen LogP) is 1.85. The van der Waals surface area contributed by atoms with Gasteiger partial charge in [0, 0.05) is 13.0 Å². The summed E-state index contributed by atoms with van der Waals surface area (Å²) in [5.41, 5.74) is -0.695. The summed E-state index contributed by atoms with van der Waals surface area (Å²) < 4.78 is 37.7. The third-order valence-electron chi connectivity index (χ3n) is 2.92. The second kappa shape index (κ2) is 7.99. The van der Waals surface area contributed by atoms with Crippen LogP contribution in [-0.4, -0.2) is 31.2 Å². The average Bonchev–Trinajstić information content (AvgIpc) is 2.44. The minimum atomic E-state index is -4.45. The van der Waals surface area contributed by atoms with E-state index in [1.807, 2.05) is 0 Å². The third kappa shape index (κ3) is 6.14. The van der Waals surface area contributed by atoms with Crippen LogP contribution in [0.1, 0.15) is 30.1 Å². The Morgan fingerprint density at radius 2 is 2.10 bits per heavy atom. The van der Waals surface area contributed by atoms with Crippen LogP contribution in [0.15, 0.2) is 24.3 Å². The lowest BCUT2D eigenvalue weighted by atomic mass is 10.1. The van der Waals surface area contributed by atoms with E-state index in [0.29, 0.717) is 19.4 Å². The van der Waals surface area contributed by atoms with Crippen LogP contribution in [-0.2, 0) is 11.0 Å². The van der Waals surface area contributed by atoms with Gasteiger partial charge in [-0.3, -0.25) is 4.79 Å². The molecule has 0 aromatic heterocycles. The number of aliphatic hydroxyl groups excluding tert-OH is 1. The maximum Gasteiger partial charge on any atom is 0.416 e. The van der Waals surface area contributed by atoms with Crippen LogP contribution in [0.3, 0.4) is 0 Å². The lowest BCUT2D eigenvalue weighted by molar-refractivity contribution is -0.137. The summed E-state index contributed by atoms with van der Waals surface area (Å²) in [6, 6.07) is 4.45. The van der Waals surface area contributed by atoms with Gasteiger partial charge < -0.3 is 15.7 Å². The first-order valence-electron chi connectivity index (χ1n) is 6.61. The Labute approximate surface area is 121 Å². The highest BCUT2D eigenvalue weighted by Crippen LogP contribution is 2.30. The van der Waals surface area contributed by atoms with Gasteiger partial charge in [-0.25, -0.2) is 0 Å². The van der Waals surface area contributed by atoms with Gasteiger partial charge in [-0.1, -0.05) is 12.1 Å². The predicted molar refractivity (Wildman–Crippen MR) is 72.6 cm³/mol. The molecule has 7 heteroatoms. The highest BCUT2D eigenvalue weighted by Gasteiger charge is 2.30. The summed E-state index contributed by atoms with van der Waals surface area (Å²) >= 11 is 0. The van der Waals surface area contributed by atoms with Gasteiger partial charge in [0.25, 0.3) is 0 Å². The van der Waals surface area contributed by atoms with Gasteiger partial charge in [0.2, 0.25) is 5.91 Å². The van der Waals surface area contributed by atoms with Crippen molar-refractivity contribution in [3.63, 3.8) is 0 Å². The van der Waals surface area contributed by atoms with Crippen LogP contribution in [0.2, 0.25) is 0 Å². The molecule has 4 nitrogen and oxygen atoms in total. The molecule has 0 fully saturated rings. The summed E-state index contributed by atoms with van der Waals surface area (Å²) in [6.07, 6.45) is -4.66. The van der Waals surface area contributed by atoms with Crippen molar-refractivity contribution in [2.75, 3.05) is 20.1 Å². The minimum absolute atomic E-state index is 0.111. The summed E-state index contributed by atoms with van der Waals surface area (Å²) in [5, 5.41) is 15.2. The maximum atomic E-state index is 12.6. The van der Waals surface area contributed by atoms with Gasteiger partial charge in [0.1, 0.15) is 0 Å². The quantitative estimate of drug-likeness (QED) is 0.674. The molecule has 0 bridgehead atoms. The van der Waals surface area contributed by atoms with Crippen molar-refractivity contribution in [1.82, 2.24) is 10.6 Å². The second-order valence-corrected chi connectivity index (χ2v) is 4.65. The van der Waals surface area contributed by atoms with E-state index >= 15 is 0 Å². The number of nitrogens with one attached hydrogen (secondary N) is 2. The highest BCUT2D eigenvalue weighted by molar-refractivity contribution is 5.75. The van der Waals surface area contributed by atoms with Crippen LogP contribution in [0.25, 0.3) is 0 Å². The minimum Gasteiger partial charge on any atom is -0.387 e. The van der Waals surface area contributed by atoms with Gasteiger partial charge in [0.05, 0.1) is 11.7 Å². The molecule has 0 saturated carbocycles. The van der Waals surface area contributed by atoms with E-state index in [1.165, 1.54) is 12.1 Å². The molecule has 3 N–H and O–H groups in total. The van der Waals surface area contributed by atoms with E-state index in [2.05, 4.69) is 10.6 Å². The molecule has 1 atom stereocenters. The maximum absolute atomic E-state index is 12.6. The molecule has 1 aromatic carbocycles. The Balaban J connectivity index is 2.52. The summed E-state index contributed by atoms with van der Waals surface area (Å²) in [4.78, 5) is 11.4. The average molecular weight is 304 g/mol. The van der Waals surface area contributed by atoms with Crippen LogP contribution in [0.5, 0.6) is 0 Å². The molecule has 21 heavy (non-hydrogen) atoms. The Bertz CT molecular complexity index is 464. The largest absolute Gasteiger partial charge is 0.416 e. The third-order valence-corrected chi connectivity index (χ3v) is 2.92. The fraction of sp³-hybridized carbons (Fsp3) is 0.500. The van der Waals surface area contributed by atoms with Crippen LogP contribution < -0.4 is 10.6 Å². The normalized spacial score (nSPS) is 13.0. The molecule has 0 saturated heterocycles. The summed E-state index contributed by atoms with van der Waals surface area (Å²) in [7, 11) is 1.77. The van der Waals surface area contributed by atoms with Gasteiger partial charge in [-0.15, -0.1) is 0 Å². The van der Waals surface area contributed by atoms with Crippen LogP contribution in [0.4, 0.5) is 13.2 Å². The van der Waals surface area contributed by atoms with Crippen LogP contribution >= 0.6 is 0 Å². The Kier molecular flexibility index (Phi) is 6.64. The smallest absolute Gasteiger partial charge is 0.387 e. The van der Waals surface area contributed by atoms with Crippen molar-refractivity contribution in [1.29, 1.82) is 0 Å². The number of benzene rings is 1. The van der Waals surface area contributed by atoms with Crippen molar-refractivity contribution in [2.24, 2.45) is 0 Å². The summed E-state index contributed by atoms with van der Waals surface area (Å²) in [5.74, 6) is -0.240. The van der Waals surface area contributed by atoms with Gasteiger partial charge in [0.15, 0.2) is 0 Å². The zero-order valence-electron chi connectivity index (χ0n) is 11.7. The highest BCUT2D eigenvalue weighted by atomic mass is 19.4. The monoisotopic (exact) mass is 304 g/mol. The molecule has 0 radical (unpaired) electrons. The standard InChI is InChI=1S/C14H19F3N2O2/c1-18-7-3-6-13(21)19-9-12(20)10-4-2-5-11(8-10)14(15,16)17/h2,4-5,8,12,18,20H,3,6-7,9H2,1H3,(H,19,21). The number of aliphatic hydroxyl groups is 1. The van der Waals surface area contributed by atoms with E-state index in [9.17, 15) is 23.1 Å². The molecular weight excluding hydrogens is 285 g/mol. The number of halogens is 3. The lowest BCUT2D eigenvalue weighted by Gasteiger charge is -2.14. The molecule has 1 aromatic rings. The molecule has 0 aliphatic rings. The van der Waals surface area contributed by atoms with Crippen LogP contribution in [0, 0.1) is 0 Å². The Morgan fingerprint density at radius 3 is 2.71 bits per heavy atom. The second-order valence-electron chi connectivity index (χ2n) is 4.65. The first-order valence-corrected chi connectivity index (χ1v) is 6.61. The van der Waals surface area contributed by atoms with E-state index in [1.54, 1.807) is 7.05 Å². The fourth-order valence-electron chi connectivity index (χ4n) is 1.76. The Hall–Kier alpha value is -1.60. The van der Waals surface area contributed by atoms with Gasteiger partial charge in [-0.2, -0.15) is 13.2 Å². The number of alkyl halides is 3. The van der Waals surface area contributed by atoms with Crippen molar-refractivity contribution in [3.8, 4) is 0 Å². The van der Waals surface area contributed by atoms with E-state index in [4.69, 9.17) is 0 Å². The SMILES string of the molecule is CNCCCC(=O)NCC(O)c1cccc(C(F)(F)F)c1. The first kappa shape index (κ1) is 17.5. The molecule has 1 rings (SSSR count). The number of hydrogen-bond acceptors (Lipinski definition) is 3. The topological polar surface area (TPSA) is 61.4 Å². The molecule has 0 aliphatic heterocycles. The van der Waals surface area contributed by atoms with Crippen molar-refractivity contribution < 1.29 is 23.1 Å². The molecule has 0 spiro atoms. The van der Waals surface area contributed by atoms with E-state index in [-0.39, 0.29) is 18.0 Å². The number of amides is 1. The molecular formula is C14H19F3N2O2. The molecule has 118 valence electrons. The number of rotatable bonds is 7. The zero-order chi connectivity index (χ0) is 15.9. The van der Waals surface area contributed by atoms with Crippen molar-refractivity contribution >= 4 is 5.91 Å². The van der Waals surface area contributed by atoms with E-state index < -0.39 is 17.8 Å². The zero-order valence-corrected chi connectivity index (χ0v) is 11.7. The van der Waals surface area contributed by atoms with E-state index in [0.717, 1.165) is 12.1 Å². The number of carbonyl (C=O) groups is 1. The lowest BCUT2D eigenvalue weighted by Crippen LogP contribution is -2.28. The molecule has 1 amide bonds. The number of hydrogen-bond donors (Lipinski definition) is 3. The Morgan fingerprint density at radius 1 is 1.38 bits per heavy atom. The molecule has 0 heterocycles. The molecule has 1 unspecified atom stereocenters. The van der Waals surface area contributed by atoms with Gasteiger partial charge in [-0.05, 0) is 37.7 Å². The number of carbonyl (C=O) groups excluding carboxylic acids is 1. The summed E-state index contributed by atoms with van der Waals surface area (Å²) in [6.45, 7) is 0.587. The first-order chi connectivity index (χ1) is 9.84. The van der Waals surface area contributed by atoms with Crippen molar-refractivity contribution in [2.45, 2.75) is 25.1 Å². The van der Waals surface area contributed by atoms with Gasteiger partial charge >= 0.3 is 6.18 Å². The molecule has 0 aliphatic carbocycles. The fourth-order valence-corrected chi connectivity index (χ4v) is 1.76.